The molecule has 4 heteroatoms. The van der Waals surface area contributed by atoms with Gasteiger partial charge in [0.1, 0.15) is 5.75 Å². The van der Waals surface area contributed by atoms with Crippen molar-refractivity contribution < 1.29 is 9.47 Å². The number of morpholine rings is 1. The van der Waals surface area contributed by atoms with Crippen molar-refractivity contribution in [2.45, 2.75) is 6.10 Å². The van der Waals surface area contributed by atoms with E-state index in [4.69, 9.17) is 9.47 Å². The molecule has 4 nitrogen and oxygen atoms in total. The second kappa shape index (κ2) is 4.39. The minimum Gasteiger partial charge on any atom is -0.495 e. The van der Waals surface area contributed by atoms with E-state index in [1.807, 2.05) is 12.3 Å². The van der Waals surface area contributed by atoms with Crippen LogP contribution >= 0.6 is 0 Å². The van der Waals surface area contributed by atoms with Crippen molar-refractivity contribution in [3.05, 3.63) is 30.0 Å². The summed E-state index contributed by atoms with van der Waals surface area (Å²) in [4.78, 5) is 3.22. The minimum absolute atomic E-state index is 0.132. The van der Waals surface area contributed by atoms with Gasteiger partial charge in [0.15, 0.2) is 0 Å². The molecule has 0 spiro atoms. The summed E-state index contributed by atoms with van der Waals surface area (Å²) < 4.78 is 11.1. The molecular weight excluding hydrogens is 216 g/mol. The molecule has 17 heavy (non-hydrogen) atoms. The average molecular weight is 232 g/mol. The predicted molar refractivity (Wildman–Crippen MR) is 66.4 cm³/mol. The zero-order valence-electron chi connectivity index (χ0n) is 9.82. The van der Waals surface area contributed by atoms with Gasteiger partial charge < -0.3 is 19.8 Å². The summed E-state index contributed by atoms with van der Waals surface area (Å²) in [5.74, 6) is 0.873. The van der Waals surface area contributed by atoms with E-state index in [-0.39, 0.29) is 6.10 Å². The van der Waals surface area contributed by atoms with E-state index < -0.39 is 0 Å². The molecule has 0 saturated carbocycles. The first-order valence-corrected chi connectivity index (χ1v) is 5.86. The zero-order chi connectivity index (χ0) is 11.7. The first kappa shape index (κ1) is 10.6. The van der Waals surface area contributed by atoms with Gasteiger partial charge in [-0.25, -0.2) is 0 Å². The van der Waals surface area contributed by atoms with Gasteiger partial charge >= 0.3 is 0 Å². The van der Waals surface area contributed by atoms with Crippen LogP contribution in [0.2, 0.25) is 0 Å². The standard InChI is InChI=1S/C13H16N2O2/c1-16-11-3-2-9(10-4-5-15-13(10)11)12-8-14-6-7-17-12/h2-5,12,14-15H,6-8H2,1H3. The van der Waals surface area contributed by atoms with Gasteiger partial charge in [0.25, 0.3) is 0 Å². The number of rotatable bonds is 2. The number of aromatic amines is 1. The Morgan fingerprint density at radius 2 is 2.29 bits per heavy atom. The van der Waals surface area contributed by atoms with Crippen molar-refractivity contribution in [2.24, 2.45) is 0 Å². The molecular formula is C13H16N2O2. The monoisotopic (exact) mass is 232 g/mol. The molecule has 0 radical (unpaired) electrons. The Labute approximate surface area is 99.9 Å². The highest BCUT2D eigenvalue weighted by atomic mass is 16.5. The maximum absolute atomic E-state index is 5.80. The Hall–Kier alpha value is -1.52. The highest BCUT2D eigenvalue weighted by molar-refractivity contribution is 5.88. The maximum atomic E-state index is 5.80. The van der Waals surface area contributed by atoms with Crippen molar-refractivity contribution >= 4 is 10.9 Å². The summed E-state index contributed by atoms with van der Waals surface area (Å²) in [5, 5.41) is 4.53. The van der Waals surface area contributed by atoms with Gasteiger partial charge in [-0.15, -0.1) is 0 Å². The van der Waals surface area contributed by atoms with E-state index in [0.717, 1.165) is 31.0 Å². The van der Waals surface area contributed by atoms with Crippen LogP contribution in [0.1, 0.15) is 11.7 Å². The molecule has 1 aromatic heterocycles. The summed E-state index contributed by atoms with van der Waals surface area (Å²) in [6.07, 6.45) is 2.07. The normalized spacial score (nSPS) is 20.6. The van der Waals surface area contributed by atoms with Crippen LogP contribution in [0.5, 0.6) is 5.75 Å². The lowest BCUT2D eigenvalue weighted by atomic mass is 10.0. The van der Waals surface area contributed by atoms with E-state index in [0.29, 0.717) is 0 Å². The summed E-state index contributed by atoms with van der Waals surface area (Å²) in [7, 11) is 1.69. The lowest BCUT2D eigenvalue weighted by molar-refractivity contribution is 0.0286. The number of hydrogen-bond acceptors (Lipinski definition) is 3. The van der Waals surface area contributed by atoms with Crippen molar-refractivity contribution in [3.63, 3.8) is 0 Å². The Morgan fingerprint density at radius 1 is 1.35 bits per heavy atom. The molecule has 1 aromatic carbocycles. The van der Waals surface area contributed by atoms with Crippen molar-refractivity contribution in [2.75, 3.05) is 26.8 Å². The van der Waals surface area contributed by atoms with Crippen LogP contribution in [-0.4, -0.2) is 31.8 Å². The van der Waals surface area contributed by atoms with Gasteiger partial charge in [0.05, 0.1) is 25.3 Å². The molecule has 1 unspecified atom stereocenters. The second-order valence-electron chi connectivity index (χ2n) is 4.19. The molecule has 0 bridgehead atoms. The molecule has 1 atom stereocenters. The van der Waals surface area contributed by atoms with Crippen LogP contribution in [0.3, 0.4) is 0 Å². The van der Waals surface area contributed by atoms with Gasteiger partial charge in [-0.05, 0) is 17.7 Å². The Bertz CT molecular complexity index is 515. The smallest absolute Gasteiger partial charge is 0.142 e. The molecule has 0 amide bonds. The van der Waals surface area contributed by atoms with Crippen LogP contribution < -0.4 is 10.1 Å². The van der Waals surface area contributed by atoms with Crippen molar-refractivity contribution in [1.29, 1.82) is 0 Å². The first-order valence-electron chi connectivity index (χ1n) is 5.86. The average Bonchev–Trinajstić information content (AvgIpc) is 2.88. The van der Waals surface area contributed by atoms with E-state index in [2.05, 4.69) is 22.4 Å². The summed E-state index contributed by atoms with van der Waals surface area (Å²) >= 11 is 0. The number of aromatic nitrogens is 1. The second-order valence-corrected chi connectivity index (χ2v) is 4.19. The molecule has 90 valence electrons. The highest BCUT2D eigenvalue weighted by Crippen LogP contribution is 2.32. The molecule has 1 saturated heterocycles. The van der Waals surface area contributed by atoms with Crippen molar-refractivity contribution in [3.8, 4) is 5.75 Å². The van der Waals surface area contributed by atoms with E-state index >= 15 is 0 Å². The third-order valence-corrected chi connectivity index (χ3v) is 3.21. The Morgan fingerprint density at radius 3 is 3.06 bits per heavy atom. The van der Waals surface area contributed by atoms with Crippen LogP contribution in [0, 0.1) is 0 Å². The van der Waals surface area contributed by atoms with Gasteiger partial charge in [-0.1, -0.05) is 6.07 Å². The molecule has 2 N–H and O–H groups in total. The third-order valence-electron chi connectivity index (χ3n) is 3.21. The Balaban J connectivity index is 2.07. The summed E-state index contributed by atoms with van der Waals surface area (Å²) in [6.45, 7) is 2.57. The van der Waals surface area contributed by atoms with Crippen LogP contribution in [-0.2, 0) is 4.74 Å². The maximum Gasteiger partial charge on any atom is 0.142 e. The van der Waals surface area contributed by atoms with Gasteiger partial charge in [0.2, 0.25) is 0 Å². The van der Waals surface area contributed by atoms with Crippen LogP contribution in [0.4, 0.5) is 0 Å². The fourth-order valence-corrected chi connectivity index (χ4v) is 2.37. The number of ether oxygens (including phenoxy) is 2. The van der Waals surface area contributed by atoms with E-state index in [9.17, 15) is 0 Å². The molecule has 1 aliphatic heterocycles. The van der Waals surface area contributed by atoms with E-state index in [1.54, 1.807) is 7.11 Å². The quantitative estimate of drug-likeness (QED) is 0.830. The lowest BCUT2D eigenvalue weighted by Crippen LogP contribution is -2.33. The summed E-state index contributed by atoms with van der Waals surface area (Å²) in [6, 6.07) is 6.16. The van der Waals surface area contributed by atoms with Gasteiger partial charge in [0, 0.05) is 24.7 Å². The zero-order valence-corrected chi connectivity index (χ0v) is 9.82. The molecule has 1 fully saturated rings. The highest BCUT2D eigenvalue weighted by Gasteiger charge is 2.19. The SMILES string of the molecule is COc1ccc(C2CNCCO2)c2cc[nH]c12. The minimum atomic E-state index is 0.132. The number of methoxy groups -OCH3 is 1. The number of fused-ring (bicyclic) bond motifs is 1. The van der Waals surface area contributed by atoms with Crippen molar-refractivity contribution in [1.82, 2.24) is 10.3 Å². The molecule has 3 rings (SSSR count). The number of hydrogen-bond donors (Lipinski definition) is 2. The molecule has 0 aliphatic carbocycles. The fraction of sp³-hybridized carbons (Fsp3) is 0.385. The fourth-order valence-electron chi connectivity index (χ4n) is 2.37. The van der Waals surface area contributed by atoms with Gasteiger partial charge in [-0.2, -0.15) is 0 Å². The van der Waals surface area contributed by atoms with Gasteiger partial charge in [-0.3, -0.25) is 0 Å². The number of nitrogens with one attached hydrogen (secondary N) is 2. The predicted octanol–water partition coefficient (Wildman–Crippen LogP) is 1.84. The third kappa shape index (κ3) is 1.79. The molecule has 2 aromatic rings. The molecule has 1 aliphatic rings. The lowest BCUT2D eigenvalue weighted by Gasteiger charge is -2.24. The van der Waals surface area contributed by atoms with E-state index in [1.165, 1.54) is 10.9 Å². The molecule has 2 heterocycles. The number of H-pyrrole nitrogens is 1. The largest absolute Gasteiger partial charge is 0.495 e. The number of benzene rings is 1. The Kier molecular flexibility index (Phi) is 2.74. The first-order chi connectivity index (χ1) is 8.40. The van der Waals surface area contributed by atoms with Crippen LogP contribution in [0.15, 0.2) is 24.4 Å². The topological polar surface area (TPSA) is 46.3 Å². The van der Waals surface area contributed by atoms with Crippen LogP contribution in [0.25, 0.3) is 10.9 Å². The summed E-state index contributed by atoms with van der Waals surface area (Å²) in [5.41, 5.74) is 2.26.